The number of amides is 1. The molecule has 0 bridgehead atoms. The fourth-order valence-electron chi connectivity index (χ4n) is 1.74. The first-order chi connectivity index (χ1) is 6.87. The zero-order valence-electron chi connectivity index (χ0n) is 10.1. The topological polar surface area (TPSA) is 50.4 Å². The van der Waals surface area contributed by atoms with Gasteiger partial charge in [0.2, 0.25) is 0 Å². The van der Waals surface area contributed by atoms with Crippen molar-refractivity contribution >= 4 is 6.09 Å². The molecule has 4 heteroatoms. The summed E-state index contributed by atoms with van der Waals surface area (Å²) >= 11 is 0. The van der Waals surface area contributed by atoms with Gasteiger partial charge in [0.1, 0.15) is 5.60 Å². The quantitative estimate of drug-likeness (QED) is 0.695. The highest BCUT2D eigenvalue weighted by Gasteiger charge is 2.23. The summed E-state index contributed by atoms with van der Waals surface area (Å²) in [4.78, 5) is 11.5. The fourth-order valence-corrected chi connectivity index (χ4v) is 1.74. The lowest BCUT2D eigenvalue weighted by molar-refractivity contribution is 0.0491. The third kappa shape index (κ3) is 5.02. The largest absolute Gasteiger partial charge is 0.444 e. The second-order valence-electron chi connectivity index (χ2n) is 5.34. The van der Waals surface area contributed by atoms with Gasteiger partial charge in [-0.1, -0.05) is 6.92 Å². The monoisotopic (exact) mass is 214 g/mol. The van der Waals surface area contributed by atoms with Gasteiger partial charge in [0, 0.05) is 12.6 Å². The van der Waals surface area contributed by atoms with Crippen LogP contribution in [0.3, 0.4) is 0 Å². The number of nitrogens with one attached hydrogen (secondary N) is 2. The molecule has 0 spiro atoms. The number of ether oxygens (including phenoxy) is 1. The smallest absolute Gasteiger partial charge is 0.407 e. The van der Waals surface area contributed by atoms with E-state index in [1.165, 1.54) is 0 Å². The Morgan fingerprint density at radius 1 is 1.40 bits per heavy atom. The van der Waals surface area contributed by atoms with E-state index >= 15 is 0 Å². The summed E-state index contributed by atoms with van der Waals surface area (Å²) in [5.41, 5.74) is -0.419. The van der Waals surface area contributed by atoms with Crippen LogP contribution in [0.15, 0.2) is 0 Å². The predicted octanol–water partition coefficient (Wildman–Crippen LogP) is 1.51. The van der Waals surface area contributed by atoms with Gasteiger partial charge < -0.3 is 15.4 Å². The van der Waals surface area contributed by atoms with Crippen LogP contribution in [0.2, 0.25) is 0 Å². The lowest BCUT2D eigenvalue weighted by Gasteiger charge is -2.29. The molecule has 1 heterocycles. The van der Waals surface area contributed by atoms with E-state index in [-0.39, 0.29) is 12.1 Å². The van der Waals surface area contributed by atoms with Gasteiger partial charge in [-0.25, -0.2) is 4.79 Å². The summed E-state index contributed by atoms with van der Waals surface area (Å²) in [6, 6.07) is 0.198. The molecule has 1 aliphatic rings. The van der Waals surface area contributed by atoms with E-state index in [0.29, 0.717) is 5.92 Å². The lowest BCUT2D eigenvalue weighted by atomic mass is 9.98. The second kappa shape index (κ2) is 4.84. The molecule has 1 rings (SSSR count). The Morgan fingerprint density at radius 2 is 2.07 bits per heavy atom. The Labute approximate surface area is 91.8 Å². The van der Waals surface area contributed by atoms with E-state index in [1.807, 2.05) is 20.8 Å². The van der Waals surface area contributed by atoms with E-state index in [1.54, 1.807) is 0 Å². The normalized spacial score (nSPS) is 27.2. The highest BCUT2D eigenvalue weighted by atomic mass is 16.6. The number of rotatable bonds is 1. The minimum absolute atomic E-state index is 0.198. The second-order valence-corrected chi connectivity index (χ2v) is 5.34. The van der Waals surface area contributed by atoms with Gasteiger partial charge in [0.05, 0.1) is 0 Å². The van der Waals surface area contributed by atoms with Crippen molar-refractivity contribution in [3.05, 3.63) is 0 Å². The van der Waals surface area contributed by atoms with Crippen molar-refractivity contribution in [1.82, 2.24) is 10.6 Å². The van der Waals surface area contributed by atoms with Crippen molar-refractivity contribution in [2.75, 3.05) is 13.1 Å². The molecule has 1 fully saturated rings. The molecule has 88 valence electrons. The molecule has 1 saturated heterocycles. The van der Waals surface area contributed by atoms with Crippen LogP contribution in [-0.2, 0) is 4.74 Å². The molecule has 1 unspecified atom stereocenters. The molecule has 0 radical (unpaired) electrons. The molecule has 2 N–H and O–H groups in total. The molecule has 0 aromatic heterocycles. The Kier molecular flexibility index (Phi) is 3.97. The van der Waals surface area contributed by atoms with Crippen LogP contribution in [0.4, 0.5) is 4.79 Å². The molecule has 0 aromatic rings. The number of alkyl carbamates (subject to hydrolysis) is 1. The Bertz CT molecular complexity index is 223. The van der Waals surface area contributed by atoms with Crippen LogP contribution in [0.1, 0.15) is 34.1 Å². The average Bonchev–Trinajstić information content (AvgIpc) is 1.99. The molecule has 1 amide bonds. The molecular formula is C11H22N2O2. The van der Waals surface area contributed by atoms with Crippen LogP contribution >= 0.6 is 0 Å². The highest BCUT2D eigenvalue weighted by molar-refractivity contribution is 5.68. The molecule has 0 saturated carbocycles. The summed E-state index contributed by atoms with van der Waals surface area (Å²) < 4.78 is 5.20. The van der Waals surface area contributed by atoms with E-state index in [0.717, 1.165) is 19.5 Å². The van der Waals surface area contributed by atoms with Crippen LogP contribution < -0.4 is 10.6 Å². The molecule has 15 heavy (non-hydrogen) atoms. The maximum atomic E-state index is 11.5. The SMILES string of the molecule is C[C@H]1CNCC(NC(=O)OC(C)(C)C)C1. The number of carbonyl (C=O) groups excluding carboxylic acids is 1. The number of hydrogen-bond donors (Lipinski definition) is 2. The zero-order valence-corrected chi connectivity index (χ0v) is 10.1. The summed E-state index contributed by atoms with van der Waals surface area (Å²) in [6.07, 6.45) is 0.704. The first kappa shape index (κ1) is 12.3. The van der Waals surface area contributed by atoms with E-state index in [9.17, 15) is 4.79 Å². The van der Waals surface area contributed by atoms with Crippen molar-refractivity contribution in [1.29, 1.82) is 0 Å². The number of carbonyl (C=O) groups is 1. The Hall–Kier alpha value is -0.770. The summed E-state index contributed by atoms with van der Waals surface area (Å²) in [5.74, 6) is 0.610. The Morgan fingerprint density at radius 3 is 2.60 bits per heavy atom. The van der Waals surface area contributed by atoms with Gasteiger partial charge >= 0.3 is 6.09 Å². The van der Waals surface area contributed by atoms with Crippen LogP contribution in [0.5, 0.6) is 0 Å². The van der Waals surface area contributed by atoms with E-state index in [2.05, 4.69) is 17.6 Å². The Balaban J connectivity index is 2.31. The molecule has 2 atom stereocenters. The van der Waals surface area contributed by atoms with Gasteiger partial charge in [-0.3, -0.25) is 0 Å². The van der Waals surface area contributed by atoms with Gasteiger partial charge in [-0.05, 0) is 39.7 Å². The summed E-state index contributed by atoms with van der Waals surface area (Å²) in [5, 5.41) is 6.16. The zero-order chi connectivity index (χ0) is 11.5. The standard InChI is InChI=1S/C11H22N2O2/c1-8-5-9(7-12-6-8)13-10(14)15-11(2,3)4/h8-9,12H,5-7H2,1-4H3,(H,13,14)/t8-,9?/m1/s1. The molecule has 4 nitrogen and oxygen atoms in total. The summed E-state index contributed by atoms with van der Waals surface area (Å²) in [6.45, 7) is 9.66. The maximum Gasteiger partial charge on any atom is 0.407 e. The third-order valence-electron chi connectivity index (χ3n) is 2.29. The average molecular weight is 214 g/mol. The van der Waals surface area contributed by atoms with Gasteiger partial charge in [0.25, 0.3) is 0 Å². The van der Waals surface area contributed by atoms with Gasteiger partial charge in [-0.15, -0.1) is 0 Å². The van der Waals surface area contributed by atoms with Crippen LogP contribution in [0, 0.1) is 5.92 Å². The minimum atomic E-state index is -0.419. The van der Waals surface area contributed by atoms with Crippen molar-refractivity contribution in [3.8, 4) is 0 Å². The lowest BCUT2D eigenvalue weighted by Crippen LogP contribution is -2.49. The highest BCUT2D eigenvalue weighted by Crippen LogP contribution is 2.11. The van der Waals surface area contributed by atoms with E-state index in [4.69, 9.17) is 4.74 Å². The van der Waals surface area contributed by atoms with Gasteiger partial charge in [0.15, 0.2) is 0 Å². The molecule has 0 aliphatic carbocycles. The molecular weight excluding hydrogens is 192 g/mol. The van der Waals surface area contributed by atoms with E-state index < -0.39 is 5.60 Å². The third-order valence-corrected chi connectivity index (χ3v) is 2.29. The van der Waals surface area contributed by atoms with Gasteiger partial charge in [-0.2, -0.15) is 0 Å². The predicted molar refractivity (Wildman–Crippen MR) is 59.8 cm³/mol. The number of hydrogen-bond acceptors (Lipinski definition) is 3. The van der Waals surface area contributed by atoms with Crippen molar-refractivity contribution < 1.29 is 9.53 Å². The molecule has 0 aromatic carbocycles. The van der Waals surface area contributed by atoms with Crippen molar-refractivity contribution in [2.45, 2.75) is 45.8 Å². The number of piperidine rings is 1. The van der Waals surface area contributed by atoms with Crippen molar-refractivity contribution in [2.24, 2.45) is 5.92 Å². The fraction of sp³-hybridized carbons (Fsp3) is 0.909. The van der Waals surface area contributed by atoms with Crippen molar-refractivity contribution in [3.63, 3.8) is 0 Å². The first-order valence-corrected chi connectivity index (χ1v) is 5.57. The summed E-state index contributed by atoms with van der Waals surface area (Å²) in [7, 11) is 0. The molecule has 1 aliphatic heterocycles. The van der Waals surface area contributed by atoms with Crippen LogP contribution in [0.25, 0.3) is 0 Å². The first-order valence-electron chi connectivity index (χ1n) is 5.57. The maximum absolute atomic E-state index is 11.5. The van der Waals surface area contributed by atoms with Crippen LogP contribution in [-0.4, -0.2) is 30.8 Å². The minimum Gasteiger partial charge on any atom is -0.444 e.